The van der Waals surface area contributed by atoms with Crippen LogP contribution < -0.4 is 4.72 Å². The van der Waals surface area contributed by atoms with Crippen molar-refractivity contribution < 1.29 is 12.8 Å². The van der Waals surface area contributed by atoms with Crippen molar-refractivity contribution in [3.05, 3.63) is 40.3 Å². The zero-order chi connectivity index (χ0) is 14.0. The van der Waals surface area contributed by atoms with Crippen molar-refractivity contribution in [1.29, 1.82) is 0 Å². The van der Waals surface area contributed by atoms with Crippen LogP contribution in [0.25, 0.3) is 0 Å². The molecule has 0 aliphatic carbocycles. The van der Waals surface area contributed by atoms with Gasteiger partial charge in [-0.15, -0.1) is 0 Å². The molecule has 2 aromatic rings. The molecule has 2 aromatic heterocycles. The number of nitrogens with one attached hydrogen (secondary N) is 1. The van der Waals surface area contributed by atoms with Crippen LogP contribution in [-0.2, 0) is 16.6 Å². The molecule has 102 valence electrons. The van der Waals surface area contributed by atoms with Gasteiger partial charge in [-0.05, 0) is 35.8 Å². The Balaban J connectivity index is 2.14. The summed E-state index contributed by atoms with van der Waals surface area (Å²) in [7, 11) is -3.61. The maximum atomic E-state index is 12.1. The Kier molecular flexibility index (Phi) is 4.02. The molecule has 0 spiro atoms. The number of hydrogen-bond donors (Lipinski definition) is 1. The average Bonchev–Trinajstić information content (AvgIpc) is 2.69. The second-order valence-corrected chi connectivity index (χ2v) is 6.57. The Morgan fingerprint density at radius 3 is 2.47 bits per heavy atom. The van der Waals surface area contributed by atoms with E-state index >= 15 is 0 Å². The third kappa shape index (κ3) is 3.40. The normalized spacial score (nSPS) is 11.7. The monoisotopic (exact) mass is 345 g/mol. The zero-order valence-electron chi connectivity index (χ0n) is 10.3. The standard InChI is InChI=1S/C11H12BrN3O3S/c1-7-3-10(8(2)18-7)19(16,17)15-6-11-13-4-9(12)5-14-11/h3-5,15H,6H2,1-2H3. The van der Waals surface area contributed by atoms with Gasteiger partial charge in [-0.25, -0.2) is 23.1 Å². The molecule has 0 aliphatic heterocycles. The van der Waals surface area contributed by atoms with E-state index in [0.717, 1.165) is 4.47 Å². The summed E-state index contributed by atoms with van der Waals surface area (Å²) in [5.74, 6) is 1.31. The lowest BCUT2D eigenvalue weighted by Crippen LogP contribution is -2.24. The van der Waals surface area contributed by atoms with E-state index in [-0.39, 0.29) is 11.4 Å². The Hall–Kier alpha value is -1.25. The van der Waals surface area contributed by atoms with E-state index in [4.69, 9.17) is 4.42 Å². The summed E-state index contributed by atoms with van der Waals surface area (Å²) in [6, 6.07) is 1.49. The van der Waals surface area contributed by atoms with Crippen molar-refractivity contribution in [3.63, 3.8) is 0 Å². The fourth-order valence-corrected chi connectivity index (χ4v) is 2.96. The number of halogens is 1. The number of hydrogen-bond acceptors (Lipinski definition) is 5. The molecule has 0 bridgehead atoms. The SMILES string of the molecule is Cc1cc(S(=O)(=O)NCc2ncc(Br)cn2)c(C)o1. The first kappa shape index (κ1) is 14.2. The van der Waals surface area contributed by atoms with Gasteiger partial charge in [0.05, 0.1) is 11.0 Å². The lowest BCUT2D eigenvalue weighted by molar-refractivity contribution is 0.495. The third-order valence-electron chi connectivity index (χ3n) is 2.38. The molecule has 0 amide bonds. The Bertz CT molecular complexity index is 680. The van der Waals surface area contributed by atoms with E-state index in [9.17, 15) is 8.42 Å². The number of rotatable bonds is 4. The Morgan fingerprint density at radius 2 is 1.95 bits per heavy atom. The van der Waals surface area contributed by atoms with Crippen LogP contribution in [-0.4, -0.2) is 18.4 Å². The van der Waals surface area contributed by atoms with E-state index in [1.165, 1.54) is 6.07 Å². The Morgan fingerprint density at radius 1 is 1.32 bits per heavy atom. The van der Waals surface area contributed by atoms with E-state index in [1.54, 1.807) is 26.2 Å². The van der Waals surface area contributed by atoms with Gasteiger partial charge in [0.15, 0.2) is 0 Å². The van der Waals surface area contributed by atoms with Crippen LogP contribution in [0.3, 0.4) is 0 Å². The quantitative estimate of drug-likeness (QED) is 0.914. The second-order valence-electron chi connectivity index (χ2n) is 3.92. The van der Waals surface area contributed by atoms with E-state index < -0.39 is 10.0 Å². The molecule has 0 saturated carbocycles. The van der Waals surface area contributed by atoms with E-state index in [2.05, 4.69) is 30.6 Å². The highest BCUT2D eigenvalue weighted by atomic mass is 79.9. The van der Waals surface area contributed by atoms with Crippen LogP contribution in [0, 0.1) is 13.8 Å². The lowest BCUT2D eigenvalue weighted by atomic mass is 10.4. The predicted molar refractivity (Wildman–Crippen MR) is 71.9 cm³/mol. The highest BCUT2D eigenvalue weighted by Crippen LogP contribution is 2.19. The molecule has 1 N–H and O–H groups in total. The van der Waals surface area contributed by atoms with Crippen LogP contribution in [0.1, 0.15) is 17.3 Å². The number of furan rings is 1. The highest BCUT2D eigenvalue weighted by molar-refractivity contribution is 9.10. The molecule has 2 heterocycles. The number of sulfonamides is 1. The van der Waals surface area contributed by atoms with E-state index in [0.29, 0.717) is 17.3 Å². The third-order valence-corrected chi connectivity index (χ3v) is 4.30. The minimum atomic E-state index is -3.61. The molecule has 6 nitrogen and oxygen atoms in total. The number of nitrogens with zero attached hydrogens (tertiary/aromatic N) is 2. The molecule has 0 aromatic carbocycles. The summed E-state index contributed by atoms with van der Waals surface area (Å²) >= 11 is 3.21. The Labute approximate surface area is 119 Å². The summed E-state index contributed by atoms with van der Waals surface area (Å²) in [5.41, 5.74) is 0. The van der Waals surface area contributed by atoms with Gasteiger partial charge < -0.3 is 4.42 Å². The average molecular weight is 346 g/mol. The molecular formula is C11H12BrN3O3S. The second kappa shape index (κ2) is 5.40. The molecule has 0 radical (unpaired) electrons. The summed E-state index contributed by atoms with van der Waals surface area (Å²) < 4.78 is 32.5. The molecule has 0 fully saturated rings. The van der Waals surface area contributed by atoms with Crippen LogP contribution in [0.15, 0.2) is 32.2 Å². The minimum Gasteiger partial charge on any atom is -0.465 e. The minimum absolute atomic E-state index is 0.0271. The van der Waals surface area contributed by atoms with Gasteiger partial charge in [-0.2, -0.15) is 0 Å². The van der Waals surface area contributed by atoms with Crippen molar-refractivity contribution in [2.45, 2.75) is 25.3 Å². The molecule has 0 atom stereocenters. The lowest BCUT2D eigenvalue weighted by Gasteiger charge is -2.04. The maximum Gasteiger partial charge on any atom is 0.244 e. The topological polar surface area (TPSA) is 85.1 Å². The van der Waals surface area contributed by atoms with Gasteiger partial charge in [0, 0.05) is 12.4 Å². The first-order chi connectivity index (χ1) is 8.88. The number of aromatic nitrogens is 2. The smallest absolute Gasteiger partial charge is 0.244 e. The van der Waals surface area contributed by atoms with Gasteiger partial charge in [-0.3, -0.25) is 0 Å². The van der Waals surface area contributed by atoms with Crippen molar-refractivity contribution in [2.24, 2.45) is 0 Å². The molecule has 0 unspecified atom stereocenters. The fourth-order valence-electron chi connectivity index (χ4n) is 1.54. The van der Waals surface area contributed by atoms with Crippen molar-refractivity contribution in [1.82, 2.24) is 14.7 Å². The molecule has 8 heteroatoms. The van der Waals surface area contributed by atoms with E-state index in [1.807, 2.05) is 0 Å². The number of aryl methyl sites for hydroxylation is 2. The summed E-state index contributed by atoms with van der Waals surface area (Å²) in [6.45, 7) is 3.33. The largest absolute Gasteiger partial charge is 0.465 e. The van der Waals surface area contributed by atoms with Gasteiger partial charge in [0.2, 0.25) is 10.0 Å². The van der Waals surface area contributed by atoms with Crippen molar-refractivity contribution >= 4 is 26.0 Å². The van der Waals surface area contributed by atoms with Gasteiger partial charge in [-0.1, -0.05) is 0 Å². The fraction of sp³-hybridized carbons (Fsp3) is 0.273. The highest BCUT2D eigenvalue weighted by Gasteiger charge is 2.20. The van der Waals surface area contributed by atoms with Gasteiger partial charge >= 0.3 is 0 Å². The first-order valence-electron chi connectivity index (χ1n) is 5.41. The van der Waals surface area contributed by atoms with Crippen LogP contribution in [0.5, 0.6) is 0 Å². The first-order valence-corrected chi connectivity index (χ1v) is 7.69. The molecular weight excluding hydrogens is 334 g/mol. The van der Waals surface area contributed by atoms with Gasteiger partial charge in [0.25, 0.3) is 0 Å². The molecule has 0 aliphatic rings. The zero-order valence-corrected chi connectivity index (χ0v) is 12.7. The van der Waals surface area contributed by atoms with Gasteiger partial charge in [0.1, 0.15) is 22.2 Å². The van der Waals surface area contributed by atoms with Crippen LogP contribution >= 0.6 is 15.9 Å². The predicted octanol–water partition coefficient (Wildman–Crippen LogP) is 1.93. The summed E-state index contributed by atoms with van der Waals surface area (Å²) in [6.07, 6.45) is 3.12. The molecule has 0 saturated heterocycles. The maximum absolute atomic E-state index is 12.1. The summed E-state index contributed by atoms with van der Waals surface area (Å²) in [4.78, 5) is 8.13. The molecule has 2 rings (SSSR count). The summed E-state index contributed by atoms with van der Waals surface area (Å²) in [5, 5.41) is 0. The van der Waals surface area contributed by atoms with Crippen molar-refractivity contribution in [3.8, 4) is 0 Å². The van der Waals surface area contributed by atoms with Crippen LogP contribution in [0.4, 0.5) is 0 Å². The molecule has 19 heavy (non-hydrogen) atoms. The van der Waals surface area contributed by atoms with Crippen molar-refractivity contribution in [2.75, 3.05) is 0 Å². The van der Waals surface area contributed by atoms with Crippen LogP contribution in [0.2, 0.25) is 0 Å².